The minimum absolute atomic E-state index is 0.00706. The monoisotopic (exact) mass is 307 g/mol. The van der Waals surface area contributed by atoms with Crippen LogP contribution in [0.3, 0.4) is 0 Å². The van der Waals surface area contributed by atoms with Crippen LogP contribution < -0.4 is 5.32 Å². The quantitative estimate of drug-likeness (QED) is 0.823. The van der Waals surface area contributed by atoms with Gasteiger partial charge in [0.05, 0.1) is 6.04 Å². The van der Waals surface area contributed by atoms with Crippen LogP contribution in [0.1, 0.15) is 24.9 Å². The minimum atomic E-state index is -0.158. The van der Waals surface area contributed by atoms with Crippen LogP contribution in [0, 0.1) is 5.82 Å². The highest BCUT2D eigenvalue weighted by molar-refractivity contribution is 9.10. The molecule has 1 unspecified atom stereocenters. The van der Waals surface area contributed by atoms with Crippen molar-refractivity contribution in [2.24, 2.45) is 0 Å². The van der Waals surface area contributed by atoms with E-state index in [-0.39, 0.29) is 11.9 Å². The normalized spacial score (nSPS) is 12.2. The van der Waals surface area contributed by atoms with Crippen molar-refractivity contribution in [3.05, 3.63) is 64.4 Å². The molecule has 18 heavy (non-hydrogen) atoms. The molecular weight excluding hydrogens is 293 g/mol. The third-order valence-electron chi connectivity index (χ3n) is 2.87. The minimum Gasteiger partial charge on any atom is -0.378 e. The molecule has 1 nitrogen and oxygen atoms in total. The van der Waals surface area contributed by atoms with Gasteiger partial charge in [0.15, 0.2) is 0 Å². The van der Waals surface area contributed by atoms with E-state index in [1.807, 2.05) is 43.3 Å². The highest BCUT2D eigenvalue weighted by Crippen LogP contribution is 2.25. The van der Waals surface area contributed by atoms with Gasteiger partial charge in [-0.05, 0) is 36.8 Å². The van der Waals surface area contributed by atoms with Gasteiger partial charge in [-0.1, -0.05) is 41.1 Å². The Balaban J connectivity index is 2.20. The molecule has 2 rings (SSSR count). The maximum Gasteiger partial charge on any atom is 0.128 e. The topological polar surface area (TPSA) is 12.0 Å². The van der Waals surface area contributed by atoms with E-state index in [0.717, 1.165) is 16.6 Å². The highest BCUT2D eigenvalue weighted by Gasteiger charge is 2.12. The molecule has 0 saturated carbocycles. The average Bonchev–Trinajstić information content (AvgIpc) is 2.39. The van der Waals surface area contributed by atoms with Crippen LogP contribution in [0.2, 0.25) is 0 Å². The summed E-state index contributed by atoms with van der Waals surface area (Å²) in [6.07, 6.45) is 0.830. The molecule has 94 valence electrons. The third-order valence-corrected chi connectivity index (χ3v) is 3.40. The predicted molar refractivity (Wildman–Crippen MR) is 77.2 cm³/mol. The molecule has 1 atom stereocenters. The lowest BCUT2D eigenvalue weighted by Crippen LogP contribution is -2.11. The summed E-state index contributed by atoms with van der Waals surface area (Å²) in [5, 5.41) is 3.35. The Morgan fingerprint density at radius 3 is 2.39 bits per heavy atom. The maximum absolute atomic E-state index is 13.7. The Bertz CT molecular complexity index is 510. The summed E-state index contributed by atoms with van der Waals surface area (Å²) in [7, 11) is 0. The molecule has 0 aliphatic rings. The summed E-state index contributed by atoms with van der Waals surface area (Å²) >= 11 is 3.40. The maximum atomic E-state index is 13.7. The number of hydrogen-bond donors (Lipinski definition) is 1. The second kappa shape index (κ2) is 6.01. The van der Waals surface area contributed by atoms with Gasteiger partial charge in [-0.3, -0.25) is 0 Å². The van der Waals surface area contributed by atoms with E-state index in [1.165, 1.54) is 6.07 Å². The van der Waals surface area contributed by atoms with E-state index in [2.05, 4.69) is 21.2 Å². The van der Waals surface area contributed by atoms with Gasteiger partial charge in [0.1, 0.15) is 5.82 Å². The third kappa shape index (κ3) is 3.10. The molecule has 1 N–H and O–H groups in total. The zero-order chi connectivity index (χ0) is 13.0. The van der Waals surface area contributed by atoms with Crippen LogP contribution in [0.4, 0.5) is 10.1 Å². The summed E-state index contributed by atoms with van der Waals surface area (Å²) in [4.78, 5) is 0. The highest BCUT2D eigenvalue weighted by atomic mass is 79.9. The van der Waals surface area contributed by atoms with Crippen LogP contribution in [0.25, 0.3) is 0 Å². The molecule has 2 aromatic rings. The van der Waals surface area contributed by atoms with Gasteiger partial charge in [0.2, 0.25) is 0 Å². The van der Waals surface area contributed by atoms with Crippen LogP contribution >= 0.6 is 15.9 Å². The molecule has 3 heteroatoms. The standard InChI is InChI=1S/C15H15BrFN/c1-2-15(13-5-3-4-6-14(13)17)18-12-9-7-11(16)8-10-12/h3-10,15,18H,2H2,1H3. The molecule has 0 saturated heterocycles. The summed E-state index contributed by atoms with van der Waals surface area (Å²) < 4.78 is 14.8. The van der Waals surface area contributed by atoms with Crippen molar-refractivity contribution in [1.82, 2.24) is 0 Å². The molecule has 0 spiro atoms. The number of hydrogen-bond acceptors (Lipinski definition) is 1. The van der Waals surface area contributed by atoms with Gasteiger partial charge in [0.25, 0.3) is 0 Å². The molecule has 0 heterocycles. The van der Waals surface area contributed by atoms with Crippen molar-refractivity contribution in [2.75, 3.05) is 5.32 Å². The molecule has 0 bridgehead atoms. The van der Waals surface area contributed by atoms with Crippen LogP contribution in [0.15, 0.2) is 53.0 Å². The fourth-order valence-electron chi connectivity index (χ4n) is 1.90. The lowest BCUT2D eigenvalue weighted by molar-refractivity contribution is 0.587. The van der Waals surface area contributed by atoms with Crippen molar-refractivity contribution in [2.45, 2.75) is 19.4 Å². The zero-order valence-corrected chi connectivity index (χ0v) is 11.7. The van der Waals surface area contributed by atoms with Gasteiger partial charge >= 0.3 is 0 Å². The van der Waals surface area contributed by atoms with Crippen LogP contribution in [0.5, 0.6) is 0 Å². The largest absolute Gasteiger partial charge is 0.378 e. The first-order chi connectivity index (χ1) is 8.70. The summed E-state index contributed by atoms with van der Waals surface area (Å²) in [6.45, 7) is 2.04. The van der Waals surface area contributed by atoms with Gasteiger partial charge in [-0.15, -0.1) is 0 Å². The fourth-order valence-corrected chi connectivity index (χ4v) is 2.17. The predicted octanol–water partition coefficient (Wildman–Crippen LogP) is 5.15. The summed E-state index contributed by atoms with van der Waals surface area (Å²) in [6, 6.07) is 14.8. The molecule has 0 fully saturated rings. The van der Waals surface area contributed by atoms with E-state index in [1.54, 1.807) is 6.07 Å². The van der Waals surface area contributed by atoms with Gasteiger partial charge in [-0.25, -0.2) is 4.39 Å². The van der Waals surface area contributed by atoms with Crippen molar-refractivity contribution < 1.29 is 4.39 Å². The second-order valence-electron chi connectivity index (χ2n) is 4.13. The number of halogens is 2. The Morgan fingerprint density at radius 1 is 1.11 bits per heavy atom. The van der Waals surface area contributed by atoms with E-state index >= 15 is 0 Å². The van der Waals surface area contributed by atoms with Crippen molar-refractivity contribution >= 4 is 21.6 Å². The molecular formula is C15H15BrFN. The molecule has 0 radical (unpaired) electrons. The Morgan fingerprint density at radius 2 is 1.78 bits per heavy atom. The molecule has 0 aromatic heterocycles. The lowest BCUT2D eigenvalue weighted by atomic mass is 10.0. The summed E-state index contributed by atoms with van der Waals surface area (Å²) in [5.74, 6) is -0.158. The zero-order valence-electron chi connectivity index (χ0n) is 10.2. The van der Waals surface area contributed by atoms with E-state index in [9.17, 15) is 4.39 Å². The smallest absolute Gasteiger partial charge is 0.128 e. The first-order valence-electron chi connectivity index (χ1n) is 5.97. The van der Waals surface area contributed by atoms with Crippen molar-refractivity contribution in [3.8, 4) is 0 Å². The second-order valence-corrected chi connectivity index (χ2v) is 5.05. The summed E-state index contributed by atoms with van der Waals surface area (Å²) in [5.41, 5.74) is 1.70. The number of rotatable bonds is 4. The molecule has 0 aliphatic heterocycles. The van der Waals surface area contributed by atoms with Crippen molar-refractivity contribution in [3.63, 3.8) is 0 Å². The van der Waals surface area contributed by atoms with Crippen LogP contribution in [-0.2, 0) is 0 Å². The van der Waals surface area contributed by atoms with Crippen LogP contribution in [-0.4, -0.2) is 0 Å². The van der Waals surface area contributed by atoms with E-state index < -0.39 is 0 Å². The number of nitrogens with one attached hydrogen (secondary N) is 1. The van der Waals surface area contributed by atoms with E-state index in [0.29, 0.717) is 5.56 Å². The SMILES string of the molecule is CCC(Nc1ccc(Br)cc1)c1ccccc1F. The number of anilines is 1. The Kier molecular flexibility index (Phi) is 4.37. The molecule has 0 aliphatic carbocycles. The Labute approximate surface area is 115 Å². The molecule has 0 amide bonds. The first kappa shape index (κ1) is 13.1. The Hall–Kier alpha value is -1.35. The van der Waals surface area contributed by atoms with Gasteiger partial charge < -0.3 is 5.32 Å². The number of benzene rings is 2. The van der Waals surface area contributed by atoms with Gasteiger partial charge in [0, 0.05) is 15.7 Å². The molecule has 2 aromatic carbocycles. The first-order valence-corrected chi connectivity index (χ1v) is 6.76. The van der Waals surface area contributed by atoms with Gasteiger partial charge in [-0.2, -0.15) is 0 Å². The lowest BCUT2D eigenvalue weighted by Gasteiger charge is -2.19. The van der Waals surface area contributed by atoms with Crippen molar-refractivity contribution in [1.29, 1.82) is 0 Å². The average molecular weight is 308 g/mol. The fraction of sp³-hybridized carbons (Fsp3) is 0.200. The van der Waals surface area contributed by atoms with E-state index in [4.69, 9.17) is 0 Å².